The van der Waals surface area contributed by atoms with Gasteiger partial charge in [0.05, 0.1) is 18.4 Å². The van der Waals surface area contributed by atoms with Gasteiger partial charge in [-0.05, 0) is 42.7 Å². The quantitative estimate of drug-likeness (QED) is 0.388. The highest BCUT2D eigenvalue weighted by molar-refractivity contribution is 6.30. The summed E-state index contributed by atoms with van der Waals surface area (Å²) in [6.45, 7) is 2.63. The Morgan fingerprint density at radius 1 is 1.18 bits per heavy atom. The molecule has 0 bridgehead atoms. The fourth-order valence-corrected chi connectivity index (χ4v) is 4.67. The van der Waals surface area contributed by atoms with Gasteiger partial charge in [0.1, 0.15) is 23.4 Å². The number of aromatic amines is 1. The van der Waals surface area contributed by atoms with Crippen LogP contribution in [-0.2, 0) is 12.7 Å². The second-order valence-corrected chi connectivity index (χ2v) is 8.76. The number of methoxy groups -OCH3 is 1. The van der Waals surface area contributed by atoms with E-state index in [1.54, 1.807) is 13.4 Å². The largest absolute Gasteiger partial charge is 0.478 e. The van der Waals surface area contributed by atoms with Gasteiger partial charge in [0.2, 0.25) is 6.33 Å². The summed E-state index contributed by atoms with van der Waals surface area (Å²) in [5, 5.41) is 0.0581. The molecule has 0 fully saturated rings. The van der Waals surface area contributed by atoms with E-state index in [0.717, 1.165) is 23.9 Å². The van der Waals surface area contributed by atoms with E-state index in [-0.39, 0.29) is 10.6 Å². The molecule has 5 rings (SSSR count). The zero-order valence-electron chi connectivity index (χ0n) is 18.5. The molecule has 34 heavy (non-hydrogen) atoms. The van der Waals surface area contributed by atoms with Gasteiger partial charge in [-0.2, -0.15) is 17.7 Å². The average molecular weight is 489 g/mol. The van der Waals surface area contributed by atoms with Crippen LogP contribution in [0.3, 0.4) is 0 Å². The standard InChI is InChI=1S/C24H21ClF3N5O/c1-14-11-33(13-29-14)21-8-7-19(31-23(21)34-2)20-12-32-9-3-4-17(22(32)30-20)16-6-5-15(25)10-18(16)24(26,27)28/h5-8,10-13,17H,3-4,9H2,1-2H3/p+1/t17-/m0/s1. The highest BCUT2D eigenvalue weighted by Crippen LogP contribution is 2.42. The molecule has 0 spiro atoms. The number of hydrogen-bond acceptors (Lipinski definition) is 3. The number of hydrogen-bond donors (Lipinski definition) is 1. The van der Waals surface area contributed by atoms with Gasteiger partial charge in [0.15, 0.2) is 5.69 Å². The SMILES string of the molecule is COc1nc(-c2cn3c(n2)[C@H](c2ccc(Cl)cc2C(F)(F)F)CCC3)ccc1-[n+]1c[nH]c(C)c1. The van der Waals surface area contributed by atoms with Crippen LogP contribution in [-0.4, -0.2) is 26.6 Å². The van der Waals surface area contributed by atoms with Crippen LogP contribution in [0.5, 0.6) is 5.88 Å². The Morgan fingerprint density at radius 2 is 2.00 bits per heavy atom. The van der Waals surface area contributed by atoms with E-state index >= 15 is 0 Å². The number of imidazole rings is 2. The molecule has 1 atom stereocenters. The molecule has 0 unspecified atom stereocenters. The lowest BCUT2D eigenvalue weighted by molar-refractivity contribution is -0.595. The van der Waals surface area contributed by atoms with Gasteiger partial charge < -0.3 is 9.30 Å². The summed E-state index contributed by atoms with van der Waals surface area (Å²) in [6.07, 6.45) is 2.38. The predicted molar refractivity (Wildman–Crippen MR) is 120 cm³/mol. The minimum Gasteiger partial charge on any atom is -0.478 e. The average Bonchev–Trinajstić information content (AvgIpc) is 3.44. The molecular formula is C24H22ClF3N5O+. The third-order valence-electron chi connectivity index (χ3n) is 6.05. The number of rotatable bonds is 4. The molecule has 3 aromatic heterocycles. The van der Waals surface area contributed by atoms with Crippen LogP contribution in [0.25, 0.3) is 17.1 Å². The number of H-pyrrole nitrogens is 1. The molecule has 1 aliphatic heterocycles. The van der Waals surface area contributed by atoms with Gasteiger partial charge in [-0.25, -0.2) is 15.0 Å². The van der Waals surface area contributed by atoms with E-state index in [1.165, 1.54) is 12.1 Å². The van der Waals surface area contributed by atoms with E-state index in [1.807, 2.05) is 40.6 Å². The molecule has 0 aliphatic carbocycles. The van der Waals surface area contributed by atoms with Crippen molar-refractivity contribution in [3.63, 3.8) is 0 Å². The lowest BCUT2D eigenvalue weighted by Gasteiger charge is -2.26. The molecule has 0 saturated heterocycles. The third-order valence-corrected chi connectivity index (χ3v) is 6.28. The summed E-state index contributed by atoms with van der Waals surface area (Å²) in [5.74, 6) is 0.520. The van der Waals surface area contributed by atoms with Crippen molar-refractivity contribution in [1.82, 2.24) is 19.5 Å². The van der Waals surface area contributed by atoms with E-state index in [2.05, 4.69) is 9.97 Å². The van der Waals surface area contributed by atoms with Crippen LogP contribution in [0.2, 0.25) is 5.02 Å². The summed E-state index contributed by atoms with van der Waals surface area (Å²) in [4.78, 5) is 12.5. The normalized spacial score (nSPS) is 15.9. The number of ether oxygens (including phenoxy) is 1. The van der Waals surface area contributed by atoms with Crippen LogP contribution >= 0.6 is 11.6 Å². The van der Waals surface area contributed by atoms with Crippen LogP contribution < -0.4 is 9.30 Å². The number of fused-ring (bicyclic) bond motifs is 1. The van der Waals surface area contributed by atoms with E-state index in [9.17, 15) is 13.2 Å². The summed E-state index contributed by atoms with van der Waals surface area (Å²) in [5.41, 5.74) is 2.39. The molecule has 4 aromatic rings. The number of benzene rings is 1. The Balaban J connectivity index is 1.55. The first-order chi connectivity index (χ1) is 16.2. The molecule has 0 saturated carbocycles. The highest BCUT2D eigenvalue weighted by Gasteiger charge is 2.37. The Labute approximate surface area is 199 Å². The highest BCUT2D eigenvalue weighted by atomic mass is 35.5. The molecule has 0 radical (unpaired) electrons. The van der Waals surface area contributed by atoms with Crippen molar-refractivity contribution in [2.75, 3.05) is 7.11 Å². The molecule has 1 N–H and O–H groups in total. The number of alkyl halides is 3. The van der Waals surface area contributed by atoms with Gasteiger partial charge in [-0.15, -0.1) is 0 Å². The Morgan fingerprint density at radius 3 is 2.71 bits per heavy atom. The van der Waals surface area contributed by atoms with E-state index < -0.39 is 17.7 Å². The summed E-state index contributed by atoms with van der Waals surface area (Å²) in [7, 11) is 1.54. The lowest BCUT2D eigenvalue weighted by atomic mass is 9.87. The number of halogens is 4. The molecule has 176 valence electrons. The maximum atomic E-state index is 13.8. The van der Waals surface area contributed by atoms with Gasteiger partial charge in [-0.3, -0.25) is 0 Å². The van der Waals surface area contributed by atoms with Crippen molar-refractivity contribution < 1.29 is 22.5 Å². The predicted octanol–water partition coefficient (Wildman–Crippen LogP) is 5.46. The molecule has 0 amide bonds. The summed E-state index contributed by atoms with van der Waals surface area (Å²) >= 11 is 5.89. The van der Waals surface area contributed by atoms with E-state index in [0.29, 0.717) is 36.1 Å². The smallest absolute Gasteiger partial charge is 0.416 e. The summed E-state index contributed by atoms with van der Waals surface area (Å²) < 4.78 is 50.6. The van der Waals surface area contributed by atoms with Crippen LogP contribution in [0.4, 0.5) is 13.2 Å². The number of aromatic nitrogens is 5. The zero-order chi connectivity index (χ0) is 24.0. The maximum absolute atomic E-state index is 13.8. The van der Waals surface area contributed by atoms with Crippen molar-refractivity contribution >= 4 is 11.6 Å². The number of nitrogens with one attached hydrogen (secondary N) is 1. The van der Waals surface area contributed by atoms with Crippen LogP contribution in [0.15, 0.2) is 49.1 Å². The minimum absolute atomic E-state index is 0.0581. The topological polar surface area (TPSA) is 59.6 Å². The number of pyridine rings is 1. The first-order valence-corrected chi connectivity index (χ1v) is 11.2. The Hall–Kier alpha value is -3.33. The van der Waals surface area contributed by atoms with Crippen molar-refractivity contribution in [2.24, 2.45) is 0 Å². The van der Waals surface area contributed by atoms with Crippen LogP contribution in [0, 0.1) is 6.92 Å². The van der Waals surface area contributed by atoms with Gasteiger partial charge >= 0.3 is 6.18 Å². The van der Waals surface area contributed by atoms with Crippen molar-refractivity contribution in [1.29, 1.82) is 0 Å². The molecule has 1 aromatic carbocycles. The molecule has 6 nitrogen and oxygen atoms in total. The number of nitrogens with zero attached hydrogens (tertiary/aromatic N) is 4. The third kappa shape index (κ3) is 4.04. The number of aryl methyl sites for hydroxylation is 2. The molecule has 10 heteroatoms. The van der Waals surface area contributed by atoms with Crippen LogP contribution in [0.1, 0.15) is 41.4 Å². The second kappa shape index (κ2) is 8.47. The van der Waals surface area contributed by atoms with Gasteiger partial charge in [-0.1, -0.05) is 17.7 Å². The van der Waals surface area contributed by atoms with Gasteiger partial charge in [0.25, 0.3) is 5.88 Å². The Kier molecular flexibility index (Phi) is 5.59. The maximum Gasteiger partial charge on any atom is 0.416 e. The fraction of sp³-hybridized carbons (Fsp3) is 0.292. The Bertz CT molecular complexity index is 1360. The minimum atomic E-state index is -4.50. The second-order valence-electron chi connectivity index (χ2n) is 8.32. The fourth-order valence-electron chi connectivity index (χ4n) is 4.49. The van der Waals surface area contributed by atoms with Crippen molar-refractivity contribution in [3.05, 3.63) is 76.7 Å². The van der Waals surface area contributed by atoms with Gasteiger partial charge in [0, 0.05) is 30.6 Å². The first kappa shape index (κ1) is 22.5. The van der Waals surface area contributed by atoms with Crippen molar-refractivity contribution in [3.8, 4) is 23.0 Å². The van der Waals surface area contributed by atoms with E-state index in [4.69, 9.17) is 21.3 Å². The lowest BCUT2D eigenvalue weighted by Crippen LogP contribution is -2.28. The zero-order valence-corrected chi connectivity index (χ0v) is 19.3. The molecule has 4 heterocycles. The van der Waals surface area contributed by atoms with Crippen molar-refractivity contribution in [2.45, 2.75) is 38.4 Å². The first-order valence-electron chi connectivity index (χ1n) is 10.8. The molecule has 1 aliphatic rings. The summed E-state index contributed by atoms with van der Waals surface area (Å²) in [6, 6.07) is 7.67. The molecular weight excluding hydrogens is 467 g/mol. The monoisotopic (exact) mass is 488 g/mol.